The van der Waals surface area contributed by atoms with Crippen molar-refractivity contribution in [2.24, 2.45) is 0 Å². The predicted octanol–water partition coefficient (Wildman–Crippen LogP) is 5.86. The van der Waals surface area contributed by atoms with E-state index in [1.165, 1.54) is 4.90 Å². The van der Waals surface area contributed by atoms with Crippen LogP contribution in [0.25, 0.3) is 6.08 Å². The van der Waals surface area contributed by atoms with Gasteiger partial charge < -0.3 is 9.47 Å². The van der Waals surface area contributed by atoms with Crippen molar-refractivity contribution in [2.75, 3.05) is 13.2 Å². The van der Waals surface area contributed by atoms with Crippen molar-refractivity contribution in [3.8, 4) is 23.8 Å². The van der Waals surface area contributed by atoms with Gasteiger partial charge in [-0.15, -0.1) is 6.42 Å². The van der Waals surface area contributed by atoms with E-state index in [1.807, 2.05) is 31.2 Å². The lowest BCUT2D eigenvalue weighted by Crippen LogP contribution is -2.27. The highest BCUT2D eigenvalue weighted by molar-refractivity contribution is 9.10. The molecule has 3 rings (SSSR count). The summed E-state index contributed by atoms with van der Waals surface area (Å²) in [4.78, 5) is 26.8. The van der Waals surface area contributed by atoms with Crippen LogP contribution in [0.3, 0.4) is 0 Å². The molecule has 2 amide bonds. The smallest absolute Gasteiger partial charge is 0.293 e. The van der Waals surface area contributed by atoms with Gasteiger partial charge in [-0.05, 0) is 76.1 Å². The lowest BCUT2D eigenvalue weighted by molar-refractivity contribution is -0.123. The van der Waals surface area contributed by atoms with Crippen LogP contribution in [0.5, 0.6) is 11.5 Å². The second-order valence-electron chi connectivity index (χ2n) is 6.15. The summed E-state index contributed by atoms with van der Waals surface area (Å²) in [6.07, 6.45) is 6.94. The van der Waals surface area contributed by atoms with E-state index in [0.29, 0.717) is 33.0 Å². The number of imide groups is 1. The Bertz CT molecular complexity index is 1060. The summed E-state index contributed by atoms with van der Waals surface area (Å²) in [7, 11) is 0. The number of carbonyl (C=O) groups excluding carboxylic acids is 2. The number of rotatable bonds is 7. The van der Waals surface area contributed by atoms with E-state index in [2.05, 4.69) is 37.8 Å². The van der Waals surface area contributed by atoms with Gasteiger partial charge in [-0.2, -0.15) is 0 Å². The third-order valence-corrected chi connectivity index (χ3v) is 6.02. The lowest BCUT2D eigenvalue weighted by Gasteiger charge is -2.14. The Morgan fingerprint density at radius 2 is 2.00 bits per heavy atom. The molecule has 1 aliphatic rings. The molecule has 1 fully saturated rings. The molecule has 1 aliphatic heterocycles. The standard InChI is InChI=1S/C22H17Br2NO4S/c1-3-8-29-20-17(24)10-15(11-18(20)28-4-2)12-19-21(26)25(22(27)30-19)13-14-6-5-7-16(23)9-14/h1,5-7,9-12H,4,8,13H2,2H3/b19-12-. The Morgan fingerprint density at radius 3 is 2.70 bits per heavy atom. The number of terminal acetylenes is 1. The Morgan fingerprint density at radius 1 is 1.20 bits per heavy atom. The number of nitrogens with zero attached hydrogens (tertiary/aromatic N) is 1. The van der Waals surface area contributed by atoms with E-state index in [0.717, 1.165) is 21.8 Å². The number of carbonyl (C=O) groups is 2. The molecule has 8 heteroatoms. The lowest BCUT2D eigenvalue weighted by atomic mass is 10.1. The highest BCUT2D eigenvalue weighted by Gasteiger charge is 2.35. The van der Waals surface area contributed by atoms with Gasteiger partial charge in [0.05, 0.1) is 22.5 Å². The average molecular weight is 551 g/mol. The quantitative estimate of drug-likeness (QED) is 0.319. The predicted molar refractivity (Wildman–Crippen MR) is 125 cm³/mol. The normalized spacial score (nSPS) is 14.9. The van der Waals surface area contributed by atoms with E-state index in [-0.39, 0.29) is 24.3 Å². The number of benzene rings is 2. The zero-order chi connectivity index (χ0) is 21.7. The molecule has 0 bridgehead atoms. The molecule has 0 aromatic heterocycles. The van der Waals surface area contributed by atoms with Gasteiger partial charge in [0.25, 0.3) is 11.1 Å². The second-order valence-corrected chi connectivity index (χ2v) is 8.92. The van der Waals surface area contributed by atoms with E-state index in [4.69, 9.17) is 15.9 Å². The zero-order valence-corrected chi connectivity index (χ0v) is 20.0. The van der Waals surface area contributed by atoms with Crippen molar-refractivity contribution in [1.29, 1.82) is 0 Å². The summed E-state index contributed by atoms with van der Waals surface area (Å²) in [5.41, 5.74) is 1.57. The van der Waals surface area contributed by atoms with Gasteiger partial charge in [0.2, 0.25) is 0 Å². The highest BCUT2D eigenvalue weighted by atomic mass is 79.9. The SMILES string of the molecule is C#CCOc1c(Br)cc(/C=C2\SC(=O)N(Cc3cccc(Br)c3)C2=O)cc1OCC. The summed E-state index contributed by atoms with van der Waals surface area (Å²) < 4.78 is 12.7. The first-order valence-electron chi connectivity index (χ1n) is 8.95. The Labute approximate surface area is 196 Å². The molecule has 0 radical (unpaired) electrons. The molecule has 0 aliphatic carbocycles. The monoisotopic (exact) mass is 549 g/mol. The molecule has 0 N–H and O–H groups in total. The molecule has 0 atom stereocenters. The van der Waals surface area contributed by atoms with E-state index >= 15 is 0 Å². The molecule has 5 nitrogen and oxygen atoms in total. The molecule has 0 saturated carbocycles. The molecule has 0 spiro atoms. The maximum Gasteiger partial charge on any atom is 0.293 e. The van der Waals surface area contributed by atoms with Crippen LogP contribution in [0.2, 0.25) is 0 Å². The van der Waals surface area contributed by atoms with E-state index in [1.54, 1.807) is 18.2 Å². The van der Waals surface area contributed by atoms with Crippen LogP contribution in [-0.2, 0) is 11.3 Å². The maximum absolute atomic E-state index is 12.8. The van der Waals surface area contributed by atoms with Crippen molar-refractivity contribution in [2.45, 2.75) is 13.5 Å². The Balaban J connectivity index is 1.86. The number of thioether (sulfide) groups is 1. The van der Waals surface area contributed by atoms with Gasteiger partial charge in [0, 0.05) is 4.47 Å². The molecule has 0 unspecified atom stereocenters. The number of hydrogen-bond acceptors (Lipinski definition) is 5. The first-order valence-corrected chi connectivity index (χ1v) is 11.4. The van der Waals surface area contributed by atoms with Gasteiger partial charge in [-0.1, -0.05) is 34.0 Å². The minimum Gasteiger partial charge on any atom is -0.490 e. The minimum absolute atomic E-state index is 0.104. The van der Waals surface area contributed by atoms with Crippen LogP contribution in [0.15, 0.2) is 50.2 Å². The van der Waals surface area contributed by atoms with Crippen LogP contribution >= 0.6 is 43.6 Å². The fraction of sp³-hybridized carbons (Fsp3) is 0.182. The van der Waals surface area contributed by atoms with Gasteiger partial charge in [0.15, 0.2) is 11.5 Å². The first-order chi connectivity index (χ1) is 14.4. The van der Waals surface area contributed by atoms with Gasteiger partial charge in [0.1, 0.15) is 6.61 Å². The van der Waals surface area contributed by atoms with Gasteiger partial charge >= 0.3 is 0 Å². The van der Waals surface area contributed by atoms with Crippen molar-refractivity contribution in [3.63, 3.8) is 0 Å². The molecule has 1 saturated heterocycles. The molecular weight excluding hydrogens is 534 g/mol. The van der Waals surface area contributed by atoms with Crippen LogP contribution in [0.1, 0.15) is 18.1 Å². The van der Waals surface area contributed by atoms with Gasteiger partial charge in [-0.3, -0.25) is 14.5 Å². The van der Waals surface area contributed by atoms with Crippen molar-refractivity contribution >= 4 is 60.8 Å². The molecule has 30 heavy (non-hydrogen) atoms. The number of halogens is 2. The van der Waals surface area contributed by atoms with Crippen molar-refractivity contribution < 1.29 is 19.1 Å². The summed E-state index contributed by atoms with van der Waals surface area (Å²) in [6.45, 7) is 2.62. The molecule has 154 valence electrons. The van der Waals surface area contributed by atoms with Crippen LogP contribution in [0, 0.1) is 12.3 Å². The third kappa shape index (κ3) is 5.28. The molecule has 2 aromatic rings. The first kappa shape index (κ1) is 22.5. The van der Waals surface area contributed by atoms with Crippen LogP contribution in [0.4, 0.5) is 4.79 Å². The highest BCUT2D eigenvalue weighted by Crippen LogP contribution is 2.39. The third-order valence-electron chi connectivity index (χ3n) is 4.03. The fourth-order valence-corrected chi connectivity index (χ4v) is 4.65. The molecule has 1 heterocycles. The second kappa shape index (κ2) is 10.2. The Kier molecular flexibility index (Phi) is 7.64. The maximum atomic E-state index is 12.8. The summed E-state index contributed by atoms with van der Waals surface area (Å²) in [5.74, 6) is 3.09. The van der Waals surface area contributed by atoms with E-state index < -0.39 is 0 Å². The Hall–Kier alpha value is -2.21. The number of ether oxygens (including phenoxy) is 2. The summed E-state index contributed by atoms with van der Waals surface area (Å²) >= 11 is 7.78. The van der Waals surface area contributed by atoms with Crippen LogP contribution in [-0.4, -0.2) is 29.3 Å². The van der Waals surface area contributed by atoms with Crippen LogP contribution < -0.4 is 9.47 Å². The summed E-state index contributed by atoms with van der Waals surface area (Å²) in [5, 5.41) is -0.302. The van der Waals surface area contributed by atoms with Crippen molar-refractivity contribution in [3.05, 3.63) is 61.4 Å². The minimum atomic E-state index is -0.327. The molecule has 2 aromatic carbocycles. The summed E-state index contributed by atoms with van der Waals surface area (Å²) in [6, 6.07) is 11.1. The van der Waals surface area contributed by atoms with Crippen molar-refractivity contribution in [1.82, 2.24) is 4.90 Å². The fourth-order valence-electron chi connectivity index (χ4n) is 2.79. The average Bonchev–Trinajstić information content (AvgIpc) is 2.95. The topological polar surface area (TPSA) is 55.8 Å². The van der Waals surface area contributed by atoms with Gasteiger partial charge in [-0.25, -0.2) is 0 Å². The number of amides is 2. The largest absolute Gasteiger partial charge is 0.490 e. The number of hydrogen-bond donors (Lipinski definition) is 0. The van der Waals surface area contributed by atoms with E-state index in [9.17, 15) is 9.59 Å². The molecular formula is C22H17Br2NO4S. The zero-order valence-electron chi connectivity index (χ0n) is 16.0.